The number of ether oxygens (including phenoxy) is 1. The molecule has 3 heteroatoms. The first kappa shape index (κ1) is 9.34. The fraction of sp³-hybridized carbons (Fsp3) is 0.455. The van der Waals surface area contributed by atoms with Gasteiger partial charge in [-0.2, -0.15) is 0 Å². The quantitative estimate of drug-likeness (QED) is 0.734. The van der Waals surface area contributed by atoms with Crippen molar-refractivity contribution in [2.45, 2.75) is 13.0 Å². The van der Waals surface area contributed by atoms with Crippen LogP contribution >= 0.6 is 0 Å². The normalized spacial score (nSPS) is 17.2. The van der Waals surface area contributed by atoms with E-state index in [1.54, 1.807) is 6.92 Å². The molecule has 1 unspecified atom stereocenters. The van der Waals surface area contributed by atoms with Crippen LogP contribution in [0, 0.1) is 0 Å². The van der Waals surface area contributed by atoms with Crippen LogP contribution in [0.4, 0.5) is 5.69 Å². The van der Waals surface area contributed by atoms with Crippen LogP contribution in [0.5, 0.6) is 5.75 Å². The van der Waals surface area contributed by atoms with E-state index >= 15 is 0 Å². The molecule has 1 aromatic rings. The number of anilines is 1. The number of likely N-dealkylation sites (N-methyl/N-ethyl adjacent to an activating group) is 1. The van der Waals surface area contributed by atoms with Crippen molar-refractivity contribution in [3.05, 3.63) is 23.8 Å². The Bertz CT molecular complexity index is 336. The molecule has 0 saturated carbocycles. The van der Waals surface area contributed by atoms with Gasteiger partial charge in [0.15, 0.2) is 0 Å². The van der Waals surface area contributed by atoms with Crippen LogP contribution in [0.3, 0.4) is 0 Å². The minimum Gasteiger partial charge on any atom is -0.490 e. The molecular weight excluding hydrogens is 178 g/mol. The molecule has 1 heterocycles. The van der Waals surface area contributed by atoms with E-state index in [1.165, 1.54) is 0 Å². The van der Waals surface area contributed by atoms with Crippen molar-refractivity contribution in [1.82, 2.24) is 0 Å². The number of hydrogen-bond acceptors (Lipinski definition) is 3. The number of nitrogens with zero attached hydrogens (tertiary/aromatic N) is 1. The first-order chi connectivity index (χ1) is 6.68. The summed E-state index contributed by atoms with van der Waals surface area (Å²) in [5.41, 5.74) is 2.00. The Balaban J connectivity index is 2.39. The van der Waals surface area contributed by atoms with Gasteiger partial charge in [-0.1, -0.05) is 6.07 Å². The van der Waals surface area contributed by atoms with E-state index in [4.69, 9.17) is 4.74 Å². The van der Waals surface area contributed by atoms with Gasteiger partial charge in [0, 0.05) is 7.05 Å². The van der Waals surface area contributed by atoms with E-state index in [2.05, 4.69) is 4.90 Å². The predicted octanol–water partition coefficient (Wildman–Crippen LogP) is 1.57. The first-order valence-corrected chi connectivity index (χ1v) is 4.84. The van der Waals surface area contributed by atoms with Crippen LogP contribution < -0.4 is 9.64 Å². The lowest BCUT2D eigenvalue weighted by atomic mass is 10.1. The van der Waals surface area contributed by atoms with Gasteiger partial charge in [0.25, 0.3) is 0 Å². The van der Waals surface area contributed by atoms with Gasteiger partial charge in [0.1, 0.15) is 12.4 Å². The van der Waals surface area contributed by atoms with Gasteiger partial charge in [-0.3, -0.25) is 0 Å². The molecule has 0 aromatic heterocycles. The summed E-state index contributed by atoms with van der Waals surface area (Å²) >= 11 is 0. The summed E-state index contributed by atoms with van der Waals surface area (Å²) in [6.07, 6.45) is -0.434. The second kappa shape index (κ2) is 3.50. The van der Waals surface area contributed by atoms with Gasteiger partial charge in [-0.05, 0) is 24.6 Å². The van der Waals surface area contributed by atoms with Gasteiger partial charge in [-0.15, -0.1) is 0 Å². The molecule has 0 radical (unpaired) electrons. The Morgan fingerprint density at radius 1 is 1.50 bits per heavy atom. The molecule has 2 rings (SSSR count). The fourth-order valence-electron chi connectivity index (χ4n) is 1.63. The van der Waals surface area contributed by atoms with E-state index in [0.717, 1.165) is 23.5 Å². The first-order valence-electron chi connectivity index (χ1n) is 4.84. The molecule has 0 fully saturated rings. The van der Waals surface area contributed by atoms with Crippen molar-refractivity contribution in [1.29, 1.82) is 0 Å². The van der Waals surface area contributed by atoms with E-state index in [0.29, 0.717) is 6.61 Å². The van der Waals surface area contributed by atoms with Gasteiger partial charge in [0.05, 0.1) is 18.3 Å². The lowest BCUT2D eigenvalue weighted by Crippen LogP contribution is -2.28. The topological polar surface area (TPSA) is 32.7 Å². The smallest absolute Gasteiger partial charge is 0.143 e. The number of aliphatic hydroxyl groups excluding tert-OH is 1. The summed E-state index contributed by atoms with van der Waals surface area (Å²) < 4.78 is 5.53. The third-order valence-electron chi connectivity index (χ3n) is 2.56. The number of aliphatic hydroxyl groups is 1. The van der Waals surface area contributed by atoms with Crippen LogP contribution in [0.1, 0.15) is 18.6 Å². The molecule has 1 aliphatic heterocycles. The lowest BCUT2D eigenvalue weighted by molar-refractivity contribution is 0.198. The third-order valence-corrected chi connectivity index (χ3v) is 2.56. The van der Waals surface area contributed by atoms with Crippen LogP contribution in [0.25, 0.3) is 0 Å². The maximum atomic E-state index is 9.42. The molecule has 1 atom stereocenters. The summed E-state index contributed by atoms with van der Waals surface area (Å²) in [6.45, 7) is 3.39. The number of rotatable bonds is 1. The molecule has 0 bridgehead atoms. The standard InChI is InChI=1S/C11H15NO2/c1-8(13)9-3-4-10-11(7-9)14-6-5-12(10)2/h3-4,7-8,13H,5-6H2,1-2H3. The molecular formula is C11H15NO2. The summed E-state index contributed by atoms with van der Waals surface area (Å²) in [6, 6.07) is 5.85. The molecule has 1 aromatic carbocycles. The average Bonchev–Trinajstić information content (AvgIpc) is 2.17. The largest absolute Gasteiger partial charge is 0.490 e. The molecule has 14 heavy (non-hydrogen) atoms. The van der Waals surface area contributed by atoms with Crippen molar-refractivity contribution in [2.75, 3.05) is 25.1 Å². The highest BCUT2D eigenvalue weighted by Crippen LogP contribution is 2.32. The lowest BCUT2D eigenvalue weighted by Gasteiger charge is -2.28. The minimum atomic E-state index is -0.434. The zero-order chi connectivity index (χ0) is 10.1. The van der Waals surface area contributed by atoms with Crippen molar-refractivity contribution in [3.8, 4) is 5.75 Å². The summed E-state index contributed by atoms with van der Waals surface area (Å²) in [7, 11) is 2.05. The molecule has 1 N–H and O–H groups in total. The highest BCUT2D eigenvalue weighted by molar-refractivity contribution is 5.60. The molecule has 0 aliphatic carbocycles. The maximum absolute atomic E-state index is 9.42. The Labute approximate surface area is 83.9 Å². The summed E-state index contributed by atoms with van der Waals surface area (Å²) in [5, 5.41) is 9.42. The van der Waals surface area contributed by atoms with E-state index in [1.807, 2.05) is 25.2 Å². The van der Waals surface area contributed by atoms with Crippen LogP contribution in [0.2, 0.25) is 0 Å². The van der Waals surface area contributed by atoms with Gasteiger partial charge in [0.2, 0.25) is 0 Å². The number of hydrogen-bond donors (Lipinski definition) is 1. The van der Waals surface area contributed by atoms with E-state index < -0.39 is 6.10 Å². The van der Waals surface area contributed by atoms with Gasteiger partial charge >= 0.3 is 0 Å². The average molecular weight is 193 g/mol. The fourth-order valence-corrected chi connectivity index (χ4v) is 1.63. The summed E-state index contributed by atoms with van der Waals surface area (Å²) in [5.74, 6) is 0.872. The predicted molar refractivity (Wildman–Crippen MR) is 55.8 cm³/mol. The molecule has 0 saturated heterocycles. The highest BCUT2D eigenvalue weighted by Gasteiger charge is 2.15. The van der Waals surface area contributed by atoms with Crippen molar-refractivity contribution in [3.63, 3.8) is 0 Å². The zero-order valence-electron chi connectivity index (χ0n) is 8.53. The monoisotopic (exact) mass is 193 g/mol. The SMILES string of the molecule is CC(O)c1ccc2c(c1)OCCN2C. The molecule has 3 nitrogen and oxygen atoms in total. The van der Waals surface area contributed by atoms with Crippen LogP contribution in [-0.4, -0.2) is 25.3 Å². The molecule has 76 valence electrons. The summed E-state index contributed by atoms with van der Waals surface area (Å²) in [4.78, 5) is 2.16. The molecule has 0 amide bonds. The Morgan fingerprint density at radius 3 is 3.00 bits per heavy atom. The minimum absolute atomic E-state index is 0.434. The second-order valence-electron chi connectivity index (χ2n) is 3.67. The number of fused-ring (bicyclic) bond motifs is 1. The maximum Gasteiger partial charge on any atom is 0.143 e. The Morgan fingerprint density at radius 2 is 2.29 bits per heavy atom. The Hall–Kier alpha value is -1.22. The van der Waals surface area contributed by atoms with Gasteiger partial charge < -0.3 is 14.7 Å². The Kier molecular flexibility index (Phi) is 2.33. The van der Waals surface area contributed by atoms with Gasteiger partial charge in [-0.25, -0.2) is 0 Å². The van der Waals surface area contributed by atoms with E-state index in [-0.39, 0.29) is 0 Å². The molecule has 0 spiro atoms. The zero-order valence-corrected chi connectivity index (χ0v) is 8.53. The third kappa shape index (κ3) is 1.55. The van der Waals surface area contributed by atoms with Crippen molar-refractivity contribution >= 4 is 5.69 Å². The van der Waals surface area contributed by atoms with E-state index in [9.17, 15) is 5.11 Å². The second-order valence-corrected chi connectivity index (χ2v) is 3.67. The van der Waals surface area contributed by atoms with Crippen molar-refractivity contribution in [2.24, 2.45) is 0 Å². The molecule has 1 aliphatic rings. The highest BCUT2D eigenvalue weighted by atomic mass is 16.5. The van der Waals surface area contributed by atoms with Crippen molar-refractivity contribution < 1.29 is 9.84 Å². The number of benzene rings is 1. The van der Waals surface area contributed by atoms with Crippen LogP contribution in [-0.2, 0) is 0 Å². The van der Waals surface area contributed by atoms with Crippen LogP contribution in [0.15, 0.2) is 18.2 Å².